The van der Waals surface area contributed by atoms with E-state index >= 15 is 0 Å². The number of hydrogen-bond donors (Lipinski definition) is 1. The maximum Gasteiger partial charge on any atom is 0.417 e. The molecule has 0 radical (unpaired) electrons. The van der Waals surface area contributed by atoms with Gasteiger partial charge in [0.2, 0.25) is 0 Å². The Balaban J connectivity index is 1.45. The topological polar surface area (TPSA) is 72.2 Å². The first kappa shape index (κ1) is 21.8. The van der Waals surface area contributed by atoms with Crippen molar-refractivity contribution in [3.63, 3.8) is 0 Å². The highest BCUT2D eigenvalue weighted by atomic mass is 32.1. The van der Waals surface area contributed by atoms with Crippen molar-refractivity contribution in [2.24, 2.45) is 0 Å². The van der Waals surface area contributed by atoms with E-state index in [2.05, 4.69) is 15.5 Å². The Morgan fingerprint density at radius 1 is 0.912 bits per heavy atom. The first-order chi connectivity index (χ1) is 16.4. The molecule has 0 aliphatic rings. The third-order valence-corrected chi connectivity index (χ3v) is 6.21. The van der Waals surface area contributed by atoms with Crippen molar-refractivity contribution in [2.45, 2.75) is 12.7 Å². The highest BCUT2D eigenvalue weighted by Crippen LogP contribution is 2.34. The molecule has 5 rings (SSSR count). The number of amides is 1. The second-order valence-corrected chi connectivity index (χ2v) is 8.37. The molecule has 0 spiro atoms. The van der Waals surface area contributed by atoms with Gasteiger partial charge in [-0.2, -0.15) is 13.2 Å². The summed E-state index contributed by atoms with van der Waals surface area (Å²) in [5.74, 6) is -0.217. The largest absolute Gasteiger partial charge is 0.417 e. The number of nitrogens with one attached hydrogen (secondary N) is 1. The summed E-state index contributed by atoms with van der Waals surface area (Å²) in [6, 6.07) is 21.0. The van der Waals surface area contributed by atoms with Crippen LogP contribution in [0.5, 0.6) is 0 Å². The van der Waals surface area contributed by atoms with E-state index in [1.165, 1.54) is 21.8 Å². The highest BCUT2D eigenvalue weighted by Gasteiger charge is 2.31. The zero-order chi connectivity index (χ0) is 23.7. The van der Waals surface area contributed by atoms with Crippen molar-refractivity contribution in [3.05, 3.63) is 95.3 Å². The van der Waals surface area contributed by atoms with Crippen molar-refractivity contribution in [1.82, 2.24) is 24.9 Å². The zero-order valence-corrected chi connectivity index (χ0v) is 18.3. The van der Waals surface area contributed by atoms with Crippen molar-refractivity contribution in [2.75, 3.05) is 0 Å². The van der Waals surface area contributed by atoms with Crippen molar-refractivity contribution < 1.29 is 18.0 Å². The summed E-state index contributed by atoms with van der Waals surface area (Å²) in [5.41, 5.74) is 1.63. The second-order valence-electron chi connectivity index (χ2n) is 7.37. The van der Waals surface area contributed by atoms with Crippen LogP contribution in [0.1, 0.15) is 21.1 Å². The lowest BCUT2D eigenvalue weighted by Crippen LogP contribution is -2.23. The van der Waals surface area contributed by atoms with Crippen LogP contribution in [-0.2, 0) is 12.7 Å². The zero-order valence-electron chi connectivity index (χ0n) is 17.5. The lowest BCUT2D eigenvalue weighted by Gasteiger charge is -2.08. The molecule has 2 aromatic carbocycles. The summed E-state index contributed by atoms with van der Waals surface area (Å²) in [6.07, 6.45) is -3.58. The average molecular weight is 479 g/mol. The molecular formula is C24H16F3N5OS. The Morgan fingerprint density at radius 3 is 2.26 bits per heavy atom. The molecule has 5 aromatic rings. The van der Waals surface area contributed by atoms with Crippen LogP contribution in [0.2, 0.25) is 0 Å². The molecule has 1 N–H and O–H groups in total. The van der Waals surface area contributed by atoms with Gasteiger partial charge in [0.05, 0.1) is 17.8 Å². The number of carbonyl (C=O) groups excluding carboxylic acids is 1. The van der Waals surface area contributed by atoms with E-state index < -0.39 is 17.6 Å². The van der Waals surface area contributed by atoms with Gasteiger partial charge in [0, 0.05) is 17.3 Å². The fourth-order valence-electron chi connectivity index (χ4n) is 3.44. The number of nitrogens with zero attached hydrogens (tertiary/aromatic N) is 4. The number of fused-ring (bicyclic) bond motifs is 1. The minimum Gasteiger partial charge on any atom is -0.344 e. The minimum absolute atomic E-state index is 0.103. The van der Waals surface area contributed by atoms with Crippen LogP contribution in [0, 0.1) is 0 Å². The van der Waals surface area contributed by atoms with Gasteiger partial charge in [-0.1, -0.05) is 60.7 Å². The Kier molecular flexibility index (Phi) is 5.58. The molecule has 3 aromatic heterocycles. The van der Waals surface area contributed by atoms with Gasteiger partial charge in [-0.25, -0.2) is 4.98 Å². The monoisotopic (exact) mass is 479 g/mol. The molecule has 0 bridgehead atoms. The van der Waals surface area contributed by atoms with Gasteiger partial charge >= 0.3 is 6.18 Å². The maximum absolute atomic E-state index is 13.2. The van der Waals surface area contributed by atoms with E-state index in [1.54, 1.807) is 0 Å². The van der Waals surface area contributed by atoms with Crippen LogP contribution in [0.25, 0.3) is 27.5 Å². The summed E-state index contributed by atoms with van der Waals surface area (Å²) in [6.45, 7) is -0.103. The molecule has 3 heterocycles. The van der Waals surface area contributed by atoms with E-state index in [0.717, 1.165) is 23.4 Å². The molecule has 0 saturated carbocycles. The number of hydrogen-bond acceptors (Lipinski definition) is 5. The number of benzene rings is 2. The number of halogens is 3. The standard InChI is InChI=1S/C24H16F3N5OS/c25-24(26,27)17-11-12-18-30-31-19(32(18)14-17)13-28-22(33)21-20(15-7-3-1-4-8-15)29-23(34-21)16-9-5-2-6-10-16/h1-12,14H,13H2,(H,28,33). The summed E-state index contributed by atoms with van der Waals surface area (Å²) < 4.78 is 40.5. The highest BCUT2D eigenvalue weighted by molar-refractivity contribution is 7.17. The Morgan fingerprint density at radius 2 is 1.59 bits per heavy atom. The molecule has 34 heavy (non-hydrogen) atoms. The molecule has 10 heteroatoms. The van der Waals surface area contributed by atoms with Gasteiger partial charge in [-0.05, 0) is 12.1 Å². The molecule has 6 nitrogen and oxygen atoms in total. The Labute approximate surface area is 195 Å². The molecular weight excluding hydrogens is 463 g/mol. The molecule has 0 aliphatic carbocycles. The van der Waals surface area contributed by atoms with E-state index in [1.807, 2.05) is 60.7 Å². The van der Waals surface area contributed by atoms with Crippen LogP contribution in [0.15, 0.2) is 79.0 Å². The number of aromatic nitrogens is 4. The van der Waals surface area contributed by atoms with E-state index in [0.29, 0.717) is 15.6 Å². The van der Waals surface area contributed by atoms with Gasteiger partial charge in [-0.3, -0.25) is 9.20 Å². The van der Waals surface area contributed by atoms with E-state index in [4.69, 9.17) is 4.98 Å². The van der Waals surface area contributed by atoms with Crippen molar-refractivity contribution >= 4 is 22.9 Å². The van der Waals surface area contributed by atoms with Gasteiger partial charge in [0.1, 0.15) is 9.88 Å². The summed E-state index contributed by atoms with van der Waals surface area (Å²) in [4.78, 5) is 18.3. The Bertz CT molecular complexity index is 1460. The molecule has 170 valence electrons. The van der Waals surface area contributed by atoms with Crippen LogP contribution in [0.4, 0.5) is 13.2 Å². The lowest BCUT2D eigenvalue weighted by molar-refractivity contribution is -0.137. The molecule has 0 aliphatic heterocycles. The first-order valence-corrected chi connectivity index (χ1v) is 11.0. The van der Waals surface area contributed by atoms with E-state index in [9.17, 15) is 18.0 Å². The van der Waals surface area contributed by atoms with Crippen LogP contribution in [0.3, 0.4) is 0 Å². The number of rotatable bonds is 5. The quantitative estimate of drug-likeness (QED) is 0.363. The van der Waals surface area contributed by atoms with Crippen molar-refractivity contribution in [1.29, 1.82) is 0 Å². The first-order valence-electron chi connectivity index (χ1n) is 10.2. The normalized spacial score (nSPS) is 11.6. The SMILES string of the molecule is O=C(NCc1nnc2ccc(C(F)(F)F)cn12)c1sc(-c2ccccc2)nc1-c1ccccc1. The maximum atomic E-state index is 13.2. The van der Waals surface area contributed by atoms with Gasteiger partial charge in [-0.15, -0.1) is 21.5 Å². The number of alkyl halides is 3. The predicted octanol–water partition coefficient (Wildman–Crippen LogP) is 5.47. The summed E-state index contributed by atoms with van der Waals surface area (Å²) in [5, 5.41) is 11.3. The summed E-state index contributed by atoms with van der Waals surface area (Å²) in [7, 11) is 0. The fraction of sp³-hybridized carbons (Fsp3) is 0.0833. The lowest BCUT2D eigenvalue weighted by atomic mass is 10.1. The molecule has 0 unspecified atom stereocenters. The minimum atomic E-state index is -4.50. The van der Waals surface area contributed by atoms with Crippen molar-refractivity contribution in [3.8, 4) is 21.8 Å². The Hall–Kier alpha value is -4.05. The van der Waals surface area contributed by atoms with Gasteiger partial charge in [0.25, 0.3) is 5.91 Å². The smallest absolute Gasteiger partial charge is 0.344 e. The molecule has 0 saturated heterocycles. The predicted molar refractivity (Wildman–Crippen MR) is 122 cm³/mol. The van der Waals surface area contributed by atoms with Gasteiger partial charge in [0.15, 0.2) is 11.5 Å². The molecule has 0 fully saturated rings. The average Bonchev–Trinajstić information content (AvgIpc) is 3.48. The molecule has 1 amide bonds. The third-order valence-electron chi connectivity index (χ3n) is 5.11. The second kappa shape index (κ2) is 8.71. The fourth-order valence-corrected chi connectivity index (χ4v) is 4.45. The third kappa shape index (κ3) is 4.27. The molecule has 0 atom stereocenters. The number of carbonyl (C=O) groups is 1. The number of thiazole rings is 1. The van der Waals surface area contributed by atoms with Crippen LogP contribution in [-0.4, -0.2) is 25.5 Å². The van der Waals surface area contributed by atoms with Gasteiger partial charge < -0.3 is 5.32 Å². The van der Waals surface area contributed by atoms with E-state index in [-0.39, 0.29) is 18.0 Å². The van der Waals surface area contributed by atoms with Crippen LogP contribution >= 0.6 is 11.3 Å². The van der Waals surface area contributed by atoms with Crippen LogP contribution < -0.4 is 5.32 Å². The number of pyridine rings is 1. The summed E-state index contributed by atoms with van der Waals surface area (Å²) >= 11 is 1.25.